The fourth-order valence-electron chi connectivity index (χ4n) is 2.39. The van der Waals surface area contributed by atoms with Crippen molar-refractivity contribution >= 4 is 27.3 Å². The third-order valence-electron chi connectivity index (χ3n) is 3.71. The van der Waals surface area contributed by atoms with E-state index in [0.717, 1.165) is 6.07 Å². The number of carbonyl (C=O) groups is 1. The molecule has 0 spiro atoms. The maximum atomic E-state index is 12.7. The molecule has 0 atom stereocenters. The first-order valence-electron chi connectivity index (χ1n) is 8.05. The Morgan fingerprint density at radius 3 is 2.43 bits per heavy atom. The molecule has 0 aromatic heterocycles. The van der Waals surface area contributed by atoms with Crippen LogP contribution in [0.5, 0.6) is 11.5 Å². The quantitative estimate of drug-likeness (QED) is 0.503. The Hall–Kier alpha value is -3.18. The van der Waals surface area contributed by atoms with Crippen molar-refractivity contribution in [2.75, 3.05) is 26.1 Å². The van der Waals surface area contributed by atoms with Crippen LogP contribution in [-0.2, 0) is 10.0 Å². The largest absolute Gasteiger partial charge is 0.496 e. The molecule has 0 aliphatic heterocycles. The standard InChI is InChI=1S/C17H19N3O7S/c1-4-18-28(24,25)12-6-8-16(27-3)13(10-12)17(21)19-14-7-5-11(26-2)9-15(14)20(22)23/h5-10,18H,4H2,1-3H3,(H,19,21). The molecule has 0 unspecified atom stereocenters. The summed E-state index contributed by atoms with van der Waals surface area (Å²) in [5, 5.41) is 13.7. The number of nitro groups is 1. The molecule has 28 heavy (non-hydrogen) atoms. The summed E-state index contributed by atoms with van der Waals surface area (Å²) in [4.78, 5) is 23.2. The van der Waals surface area contributed by atoms with Gasteiger partial charge in [0.1, 0.15) is 17.2 Å². The SMILES string of the molecule is CCNS(=O)(=O)c1ccc(OC)c(C(=O)Nc2ccc(OC)cc2[N+](=O)[O-])c1. The lowest BCUT2D eigenvalue weighted by Crippen LogP contribution is -2.24. The predicted octanol–water partition coefficient (Wildman–Crippen LogP) is 2.16. The molecule has 0 aliphatic rings. The van der Waals surface area contributed by atoms with Crippen LogP contribution >= 0.6 is 0 Å². The van der Waals surface area contributed by atoms with Crippen LogP contribution in [0.3, 0.4) is 0 Å². The van der Waals surface area contributed by atoms with Crippen molar-refractivity contribution in [2.45, 2.75) is 11.8 Å². The maximum absolute atomic E-state index is 12.7. The van der Waals surface area contributed by atoms with Crippen molar-refractivity contribution in [3.05, 3.63) is 52.1 Å². The van der Waals surface area contributed by atoms with Gasteiger partial charge in [-0.2, -0.15) is 0 Å². The Bertz CT molecular complexity index is 1010. The lowest BCUT2D eigenvalue weighted by Gasteiger charge is -2.12. The Morgan fingerprint density at radius 2 is 1.86 bits per heavy atom. The van der Waals surface area contributed by atoms with Gasteiger partial charge in [0.2, 0.25) is 10.0 Å². The molecule has 2 rings (SSSR count). The summed E-state index contributed by atoms with van der Waals surface area (Å²) < 4.78 is 36.8. The zero-order valence-electron chi connectivity index (χ0n) is 15.4. The summed E-state index contributed by atoms with van der Waals surface area (Å²) in [6, 6.07) is 7.71. The molecule has 2 aromatic rings. The summed E-state index contributed by atoms with van der Waals surface area (Å²) in [6.45, 7) is 1.80. The van der Waals surface area contributed by atoms with E-state index in [2.05, 4.69) is 10.0 Å². The van der Waals surface area contributed by atoms with E-state index in [9.17, 15) is 23.3 Å². The monoisotopic (exact) mass is 409 g/mol. The van der Waals surface area contributed by atoms with Gasteiger partial charge in [-0.05, 0) is 30.3 Å². The third kappa shape index (κ3) is 4.56. The Morgan fingerprint density at radius 1 is 1.14 bits per heavy atom. The fraction of sp³-hybridized carbons (Fsp3) is 0.235. The number of nitrogens with zero attached hydrogens (tertiary/aromatic N) is 1. The minimum Gasteiger partial charge on any atom is -0.496 e. The highest BCUT2D eigenvalue weighted by Gasteiger charge is 2.22. The highest BCUT2D eigenvalue weighted by molar-refractivity contribution is 7.89. The van der Waals surface area contributed by atoms with Crippen LogP contribution in [0.2, 0.25) is 0 Å². The van der Waals surface area contributed by atoms with Crippen LogP contribution < -0.4 is 19.5 Å². The lowest BCUT2D eigenvalue weighted by molar-refractivity contribution is -0.384. The smallest absolute Gasteiger partial charge is 0.296 e. The molecule has 0 fully saturated rings. The number of hydrogen-bond acceptors (Lipinski definition) is 7. The summed E-state index contributed by atoms with van der Waals surface area (Å²) in [6.07, 6.45) is 0. The van der Waals surface area contributed by atoms with Gasteiger partial charge < -0.3 is 14.8 Å². The van der Waals surface area contributed by atoms with Gasteiger partial charge in [-0.15, -0.1) is 0 Å². The molecule has 0 radical (unpaired) electrons. The summed E-state index contributed by atoms with van der Waals surface area (Å²) in [7, 11) is -1.13. The lowest BCUT2D eigenvalue weighted by atomic mass is 10.1. The molecular formula is C17H19N3O7S. The average molecular weight is 409 g/mol. The van der Waals surface area contributed by atoms with E-state index >= 15 is 0 Å². The minimum absolute atomic E-state index is 0.0715. The molecule has 0 heterocycles. The molecule has 10 nitrogen and oxygen atoms in total. The van der Waals surface area contributed by atoms with E-state index in [1.54, 1.807) is 6.92 Å². The second kappa shape index (κ2) is 8.67. The van der Waals surface area contributed by atoms with Crippen LogP contribution in [0.25, 0.3) is 0 Å². The van der Waals surface area contributed by atoms with Crippen LogP contribution in [0.4, 0.5) is 11.4 Å². The van der Waals surface area contributed by atoms with E-state index in [1.165, 1.54) is 44.6 Å². The Labute approximate surface area is 161 Å². The van der Waals surface area contributed by atoms with Crippen LogP contribution in [0.15, 0.2) is 41.3 Å². The van der Waals surface area contributed by atoms with Crippen LogP contribution in [0, 0.1) is 10.1 Å². The van der Waals surface area contributed by atoms with Crippen molar-refractivity contribution in [1.29, 1.82) is 0 Å². The van der Waals surface area contributed by atoms with E-state index in [-0.39, 0.29) is 39.9 Å². The molecule has 150 valence electrons. The van der Waals surface area contributed by atoms with Crippen molar-refractivity contribution in [2.24, 2.45) is 0 Å². The van der Waals surface area contributed by atoms with E-state index in [1.807, 2.05) is 0 Å². The molecule has 1 amide bonds. The first-order chi connectivity index (χ1) is 13.2. The Balaban J connectivity index is 2.45. The number of ether oxygens (including phenoxy) is 2. The topological polar surface area (TPSA) is 137 Å². The van der Waals surface area contributed by atoms with Crippen molar-refractivity contribution in [3.8, 4) is 11.5 Å². The highest BCUT2D eigenvalue weighted by Crippen LogP contribution is 2.30. The molecule has 2 aromatic carbocycles. The number of benzene rings is 2. The molecule has 0 aliphatic carbocycles. The number of rotatable bonds is 8. The molecule has 11 heteroatoms. The number of carbonyl (C=O) groups excluding carboxylic acids is 1. The van der Waals surface area contributed by atoms with Gasteiger partial charge in [-0.1, -0.05) is 6.92 Å². The fourth-order valence-corrected chi connectivity index (χ4v) is 3.46. The number of nitrogens with one attached hydrogen (secondary N) is 2. The molecule has 0 bridgehead atoms. The van der Waals surface area contributed by atoms with Gasteiger partial charge in [0.05, 0.1) is 35.7 Å². The van der Waals surface area contributed by atoms with Crippen molar-refractivity contribution < 1.29 is 27.6 Å². The molecule has 2 N–H and O–H groups in total. The predicted molar refractivity (Wildman–Crippen MR) is 101 cm³/mol. The van der Waals surface area contributed by atoms with Gasteiger partial charge >= 0.3 is 0 Å². The first kappa shape index (κ1) is 21.1. The second-order valence-electron chi connectivity index (χ2n) is 5.46. The van der Waals surface area contributed by atoms with Gasteiger partial charge in [0, 0.05) is 6.54 Å². The number of nitro benzene ring substituents is 1. The summed E-state index contributed by atoms with van der Waals surface area (Å²) in [5.41, 5.74) is -0.535. The molecular weight excluding hydrogens is 390 g/mol. The van der Waals surface area contributed by atoms with Gasteiger partial charge in [-0.25, -0.2) is 13.1 Å². The number of hydrogen-bond donors (Lipinski definition) is 2. The maximum Gasteiger partial charge on any atom is 0.296 e. The summed E-state index contributed by atoms with van der Waals surface area (Å²) in [5.74, 6) is -0.399. The van der Waals surface area contributed by atoms with E-state index in [0.29, 0.717) is 0 Å². The third-order valence-corrected chi connectivity index (χ3v) is 5.25. The molecule has 0 saturated carbocycles. The average Bonchev–Trinajstić information content (AvgIpc) is 2.67. The number of anilines is 1. The zero-order chi connectivity index (χ0) is 20.9. The van der Waals surface area contributed by atoms with Gasteiger partial charge in [-0.3, -0.25) is 14.9 Å². The number of sulfonamides is 1. The van der Waals surface area contributed by atoms with Crippen molar-refractivity contribution in [3.63, 3.8) is 0 Å². The zero-order valence-corrected chi connectivity index (χ0v) is 16.2. The number of amides is 1. The first-order valence-corrected chi connectivity index (χ1v) is 9.53. The van der Waals surface area contributed by atoms with Crippen LogP contribution in [-0.4, -0.2) is 40.0 Å². The van der Waals surface area contributed by atoms with Gasteiger partial charge in [0.25, 0.3) is 11.6 Å². The van der Waals surface area contributed by atoms with E-state index < -0.39 is 20.9 Å². The minimum atomic E-state index is -3.81. The normalized spacial score (nSPS) is 11.0. The van der Waals surface area contributed by atoms with Crippen LogP contribution in [0.1, 0.15) is 17.3 Å². The summed E-state index contributed by atoms with van der Waals surface area (Å²) >= 11 is 0. The van der Waals surface area contributed by atoms with Gasteiger partial charge in [0.15, 0.2) is 0 Å². The second-order valence-corrected chi connectivity index (χ2v) is 7.22. The molecule has 0 saturated heterocycles. The number of methoxy groups -OCH3 is 2. The van der Waals surface area contributed by atoms with E-state index in [4.69, 9.17) is 9.47 Å². The highest BCUT2D eigenvalue weighted by atomic mass is 32.2. The Kier molecular flexibility index (Phi) is 6.54. The van der Waals surface area contributed by atoms with Crippen molar-refractivity contribution in [1.82, 2.24) is 4.72 Å².